The second-order valence-electron chi connectivity index (χ2n) is 5.54. The minimum absolute atomic E-state index is 0.357. The Morgan fingerprint density at radius 2 is 2.08 bits per heavy atom. The van der Waals surface area contributed by atoms with E-state index in [1.165, 1.54) is 0 Å². The van der Waals surface area contributed by atoms with Gasteiger partial charge in [-0.15, -0.1) is 0 Å². The predicted molar refractivity (Wildman–Crippen MR) is 95.1 cm³/mol. The molecule has 4 rings (SSSR count). The van der Waals surface area contributed by atoms with Crippen LogP contribution in [-0.2, 0) is 6.42 Å². The van der Waals surface area contributed by atoms with Crippen LogP contribution in [0, 0.1) is 0 Å². The van der Waals surface area contributed by atoms with Crippen molar-refractivity contribution < 1.29 is 0 Å². The molecule has 0 radical (unpaired) electrons. The van der Waals surface area contributed by atoms with E-state index in [0.29, 0.717) is 22.7 Å². The molecule has 8 nitrogen and oxygen atoms in total. The zero-order valence-electron chi connectivity index (χ0n) is 12.6. The van der Waals surface area contributed by atoms with E-state index in [0.717, 1.165) is 16.9 Å². The van der Waals surface area contributed by atoms with Gasteiger partial charge in [0.1, 0.15) is 11.6 Å². The third-order valence-corrected chi connectivity index (χ3v) is 4.88. The fourth-order valence-electron chi connectivity index (χ4n) is 2.64. The number of hydrogen-bond acceptors (Lipinski definition) is 6. The van der Waals surface area contributed by atoms with Crippen molar-refractivity contribution in [3.05, 3.63) is 58.9 Å². The van der Waals surface area contributed by atoms with Gasteiger partial charge in [-0.25, -0.2) is 14.7 Å². The summed E-state index contributed by atoms with van der Waals surface area (Å²) in [6.45, 7) is 0. The molecule has 1 unspecified atom stereocenters. The molecule has 0 bridgehead atoms. The summed E-state index contributed by atoms with van der Waals surface area (Å²) in [7, 11) is 0. The van der Waals surface area contributed by atoms with E-state index in [2.05, 4.69) is 41.3 Å². The number of aromatic nitrogens is 4. The number of aliphatic imine (C=N–C) groups is 1. The molecule has 6 N–H and O–H groups in total. The number of hydrogen-bond donors (Lipinski definition) is 4. The molecule has 3 heterocycles. The Labute approximate surface area is 145 Å². The number of imidazole rings is 1. The van der Waals surface area contributed by atoms with E-state index >= 15 is 0 Å². The highest BCUT2D eigenvalue weighted by Gasteiger charge is 2.36. The molecule has 1 atom stereocenters. The van der Waals surface area contributed by atoms with Crippen molar-refractivity contribution in [2.24, 2.45) is 16.5 Å². The van der Waals surface area contributed by atoms with Gasteiger partial charge < -0.3 is 21.8 Å². The van der Waals surface area contributed by atoms with Crippen LogP contribution in [0.25, 0.3) is 11.0 Å². The van der Waals surface area contributed by atoms with Crippen molar-refractivity contribution in [3.8, 4) is 0 Å². The first-order valence-corrected chi connectivity index (χ1v) is 8.09. The standard InChI is InChI=1S/C15H15BrN8/c16-12-13(17)22-14(24-7-3-6-19-24)23-15(12,18)8-11-20-9-4-1-2-5-10(9)21-11/h1-7H,8,17-18H2,(H,20,21)(H,22,23). The summed E-state index contributed by atoms with van der Waals surface area (Å²) in [4.78, 5) is 12.4. The van der Waals surface area contributed by atoms with Crippen molar-refractivity contribution >= 4 is 32.9 Å². The quantitative estimate of drug-likeness (QED) is 0.522. The molecule has 2 aromatic heterocycles. The molecule has 1 aromatic carbocycles. The van der Waals surface area contributed by atoms with E-state index in [1.807, 2.05) is 24.3 Å². The smallest absolute Gasteiger partial charge is 0.227 e. The number of nitrogens with two attached hydrogens (primary N) is 2. The monoisotopic (exact) mass is 386 g/mol. The second-order valence-corrected chi connectivity index (χ2v) is 6.33. The summed E-state index contributed by atoms with van der Waals surface area (Å²) in [5.41, 5.74) is 13.4. The number of halogens is 1. The van der Waals surface area contributed by atoms with Crippen LogP contribution >= 0.6 is 15.9 Å². The lowest BCUT2D eigenvalue weighted by Gasteiger charge is -2.31. The molecule has 0 aliphatic carbocycles. The van der Waals surface area contributed by atoms with Crippen LogP contribution < -0.4 is 16.8 Å². The number of H-pyrrole nitrogens is 1. The van der Waals surface area contributed by atoms with E-state index in [1.54, 1.807) is 23.1 Å². The zero-order valence-corrected chi connectivity index (χ0v) is 14.2. The van der Waals surface area contributed by atoms with E-state index in [-0.39, 0.29) is 0 Å². The summed E-state index contributed by atoms with van der Waals surface area (Å²) >= 11 is 3.46. The van der Waals surface area contributed by atoms with E-state index in [4.69, 9.17) is 11.5 Å². The first kappa shape index (κ1) is 14.9. The molecule has 0 amide bonds. The molecule has 122 valence electrons. The number of para-hydroxylation sites is 2. The number of benzene rings is 1. The van der Waals surface area contributed by atoms with Crippen LogP contribution in [-0.4, -0.2) is 31.4 Å². The Morgan fingerprint density at radius 3 is 2.83 bits per heavy atom. The summed E-state index contributed by atoms with van der Waals surface area (Å²) < 4.78 is 2.15. The molecule has 3 aromatic rings. The Kier molecular flexibility index (Phi) is 3.39. The highest BCUT2D eigenvalue weighted by atomic mass is 79.9. The van der Waals surface area contributed by atoms with Crippen LogP contribution in [0.4, 0.5) is 0 Å². The Hall–Kier alpha value is -2.65. The van der Waals surface area contributed by atoms with Gasteiger partial charge in [-0.2, -0.15) is 5.10 Å². The zero-order chi connectivity index (χ0) is 16.7. The number of aromatic amines is 1. The van der Waals surface area contributed by atoms with Gasteiger partial charge in [0.15, 0.2) is 5.66 Å². The summed E-state index contributed by atoms with van der Waals surface area (Å²) in [5, 5.41) is 7.14. The van der Waals surface area contributed by atoms with Crippen molar-refractivity contribution in [2.45, 2.75) is 12.1 Å². The third-order valence-electron chi connectivity index (χ3n) is 3.77. The highest BCUT2D eigenvalue weighted by Crippen LogP contribution is 2.29. The Morgan fingerprint density at radius 1 is 1.25 bits per heavy atom. The molecular formula is C15H15BrN8. The van der Waals surface area contributed by atoms with Crippen LogP contribution in [0.3, 0.4) is 0 Å². The normalized spacial score (nSPS) is 21.0. The fourth-order valence-corrected chi connectivity index (χ4v) is 2.97. The number of nitrogens with one attached hydrogen (secondary N) is 2. The average Bonchev–Trinajstić information content (AvgIpc) is 3.21. The first-order chi connectivity index (χ1) is 11.5. The maximum atomic E-state index is 6.53. The Bertz CT molecular complexity index is 922. The van der Waals surface area contributed by atoms with Crippen molar-refractivity contribution in [2.75, 3.05) is 0 Å². The van der Waals surface area contributed by atoms with Crippen LogP contribution in [0.5, 0.6) is 0 Å². The Balaban J connectivity index is 1.73. The molecule has 0 saturated heterocycles. The molecule has 9 heteroatoms. The van der Waals surface area contributed by atoms with Gasteiger partial charge in [-0.3, -0.25) is 0 Å². The van der Waals surface area contributed by atoms with Crippen LogP contribution in [0.1, 0.15) is 5.82 Å². The molecule has 0 spiro atoms. The van der Waals surface area contributed by atoms with E-state index < -0.39 is 5.66 Å². The molecule has 0 saturated carbocycles. The highest BCUT2D eigenvalue weighted by molar-refractivity contribution is 9.11. The third kappa shape index (κ3) is 2.47. The van der Waals surface area contributed by atoms with Crippen LogP contribution in [0.15, 0.2) is 58.0 Å². The van der Waals surface area contributed by atoms with Crippen molar-refractivity contribution in [3.63, 3.8) is 0 Å². The average molecular weight is 387 g/mol. The van der Waals surface area contributed by atoms with Crippen LogP contribution in [0.2, 0.25) is 0 Å². The lowest BCUT2D eigenvalue weighted by atomic mass is 10.1. The molecule has 0 fully saturated rings. The maximum Gasteiger partial charge on any atom is 0.227 e. The number of rotatable bonds is 2. The lowest BCUT2D eigenvalue weighted by Crippen LogP contribution is -2.51. The summed E-state index contributed by atoms with van der Waals surface area (Å²) in [6.07, 6.45) is 3.78. The minimum atomic E-state index is -1.08. The van der Waals surface area contributed by atoms with Gasteiger partial charge in [0.2, 0.25) is 5.96 Å². The lowest BCUT2D eigenvalue weighted by molar-refractivity contribution is 0.510. The van der Waals surface area contributed by atoms with Crippen molar-refractivity contribution in [1.29, 1.82) is 0 Å². The topological polar surface area (TPSA) is 123 Å². The summed E-state index contributed by atoms with van der Waals surface area (Å²) in [6, 6.07) is 9.60. The van der Waals surface area contributed by atoms with Gasteiger partial charge in [0.05, 0.1) is 15.5 Å². The maximum absolute atomic E-state index is 6.53. The van der Waals surface area contributed by atoms with Gasteiger partial charge in [-0.1, -0.05) is 12.1 Å². The molecular weight excluding hydrogens is 372 g/mol. The molecule has 1 aliphatic rings. The van der Waals surface area contributed by atoms with Gasteiger partial charge >= 0.3 is 0 Å². The predicted octanol–water partition coefficient (Wildman–Crippen LogP) is 0.987. The fraction of sp³-hybridized carbons (Fsp3) is 0.133. The SMILES string of the molecule is NC1=C(Br)C(N)(Cc2nc3ccccc3[nH]2)N=C(n2cccn2)N1. The van der Waals surface area contributed by atoms with Gasteiger partial charge in [-0.05, 0) is 34.1 Å². The first-order valence-electron chi connectivity index (χ1n) is 7.30. The minimum Gasteiger partial charge on any atom is -0.384 e. The molecule has 24 heavy (non-hydrogen) atoms. The number of fused-ring (bicyclic) bond motifs is 1. The van der Waals surface area contributed by atoms with Gasteiger partial charge in [0.25, 0.3) is 0 Å². The van der Waals surface area contributed by atoms with Crippen molar-refractivity contribution in [1.82, 2.24) is 25.1 Å². The summed E-state index contributed by atoms with van der Waals surface area (Å²) in [5.74, 6) is 1.59. The largest absolute Gasteiger partial charge is 0.384 e. The number of nitrogens with zero attached hydrogens (tertiary/aromatic N) is 4. The van der Waals surface area contributed by atoms with E-state index in [9.17, 15) is 0 Å². The molecule has 1 aliphatic heterocycles. The van der Waals surface area contributed by atoms with Gasteiger partial charge in [0, 0.05) is 18.8 Å². The second kappa shape index (κ2) is 5.46.